The summed E-state index contributed by atoms with van der Waals surface area (Å²) < 4.78 is 68.5. The Morgan fingerprint density at radius 1 is 1.00 bits per heavy atom. The van der Waals surface area contributed by atoms with E-state index >= 15 is 0 Å². The van der Waals surface area contributed by atoms with E-state index in [1.54, 1.807) is 0 Å². The number of ether oxygens (including phenoxy) is 1. The van der Waals surface area contributed by atoms with Crippen molar-refractivity contribution in [3.63, 3.8) is 0 Å². The minimum atomic E-state index is -4.65. The van der Waals surface area contributed by atoms with Crippen LogP contribution in [0.5, 0.6) is 5.75 Å². The SMILES string of the molecule is Cc1ccccc1-c1ccc2c(c1)CN(C(=O)c1cc(S(C)(=O)=O)ccc1O[C@@H](C)C(F)(F)F)C2. The van der Waals surface area contributed by atoms with Crippen molar-refractivity contribution in [2.75, 3.05) is 6.26 Å². The average Bonchev–Trinajstić information content (AvgIpc) is 3.21. The molecule has 5 nitrogen and oxygen atoms in total. The molecule has 3 aromatic carbocycles. The molecule has 1 aliphatic heterocycles. The fourth-order valence-electron chi connectivity index (χ4n) is 4.04. The summed E-state index contributed by atoms with van der Waals surface area (Å²) in [5, 5.41) is 0. The van der Waals surface area contributed by atoms with Crippen LogP contribution in [0.2, 0.25) is 0 Å². The van der Waals surface area contributed by atoms with Gasteiger partial charge in [-0.3, -0.25) is 4.79 Å². The minimum Gasteiger partial charge on any atom is -0.480 e. The van der Waals surface area contributed by atoms with Gasteiger partial charge in [0.05, 0.1) is 10.5 Å². The molecule has 9 heteroatoms. The number of benzene rings is 3. The zero-order valence-electron chi connectivity index (χ0n) is 19.4. The molecule has 0 saturated heterocycles. The van der Waals surface area contributed by atoms with Crippen molar-refractivity contribution < 1.29 is 31.1 Å². The van der Waals surface area contributed by atoms with Gasteiger partial charge >= 0.3 is 6.18 Å². The minimum absolute atomic E-state index is 0.175. The van der Waals surface area contributed by atoms with E-state index in [1.807, 2.05) is 49.4 Å². The Morgan fingerprint density at radius 3 is 2.34 bits per heavy atom. The molecule has 0 unspecified atom stereocenters. The molecule has 184 valence electrons. The molecule has 0 spiro atoms. The standard InChI is InChI=1S/C26H24F3NO4S/c1-16-6-4-5-7-22(16)18-8-9-19-14-30(15-20(19)12-18)25(31)23-13-21(35(3,32)33)10-11-24(23)34-17(2)26(27,28)29/h4-13,17H,14-15H2,1-3H3/t17-/m0/s1. The van der Waals surface area contributed by atoms with Gasteiger partial charge in [0.25, 0.3) is 5.91 Å². The first-order valence-corrected chi connectivity index (χ1v) is 12.8. The predicted molar refractivity (Wildman–Crippen MR) is 126 cm³/mol. The smallest absolute Gasteiger partial charge is 0.425 e. The van der Waals surface area contributed by atoms with Gasteiger partial charge in [0.15, 0.2) is 15.9 Å². The lowest BCUT2D eigenvalue weighted by molar-refractivity contribution is -0.189. The summed E-state index contributed by atoms with van der Waals surface area (Å²) in [7, 11) is -3.70. The summed E-state index contributed by atoms with van der Waals surface area (Å²) in [5.74, 6) is -0.919. The van der Waals surface area contributed by atoms with Crippen molar-refractivity contribution in [3.05, 3.63) is 82.9 Å². The number of nitrogens with zero attached hydrogens (tertiary/aromatic N) is 1. The van der Waals surface area contributed by atoms with Crippen LogP contribution < -0.4 is 4.74 Å². The van der Waals surface area contributed by atoms with Crippen LogP contribution >= 0.6 is 0 Å². The lowest BCUT2D eigenvalue weighted by Gasteiger charge is -2.22. The van der Waals surface area contributed by atoms with Crippen molar-refractivity contribution in [1.82, 2.24) is 4.90 Å². The molecule has 0 aromatic heterocycles. The highest BCUT2D eigenvalue weighted by Gasteiger charge is 2.39. The molecule has 35 heavy (non-hydrogen) atoms. The number of aryl methyl sites for hydroxylation is 1. The van der Waals surface area contributed by atoms with Gasteiger partial charge in [0.2, 0.25) is 0 Å². The summed E-state index contributed by atoms with van der Waals surface area (Å²) in [6.07, 6.45) is -5.86. The Balaban J connectivity index is 1.66. The molecule has 0 saturated carbocycles. The molecule has 1 aliphatic rings. The zero-order chi connectivity index (χ0) is 25.5. The summed E-state index contributed by atoms with van der Waals surface area (Å²) in [5.41, 5.74) is 4.79. The van der Waals surface area contributed by atoms with Gasteiger partial charge in [-0.2, -0.15) is 13.2 Å². The lowest BCUT2D eigenvalue weighted by Crippen LogP contribution is -2.32. The molecular weight excluding hydrogens is 479 g/mol. The third-order valence-electron chi connectivity index (χ3n) is 6.05. The van der Waals surface area contributed by atoms with E-state index in [0.717, 1.165) is 59.2 Å². The molecule has 0 radical (unpaired) electrons. The van der Waals surface area contributed by atoms with Crippen molar-refractivity contribution in [2.24, 2.45) is 0 Å². The Labute approximate surface area is 202 Å². The third-order valence-corrected chi connectivity index (χ3v) is 7.16. The van der Waals surface area contributed by atoms with Gasteiger partial charge in [-0.1, -0.05) is 36.4 Å². The summed E-state index contributed by atoms with van der Waals surface area (Å²) in [6.45, 7) is 3.33. The van der Waals surface area contributed by atoms with Gasteiger partial charge in [-0.05, 0) is 65.9 Å². The van der Waals surface area contributed by atoms with Gasteiger partial charge in [-0.25, -0.2) is 8.42 Å². The van der Waals surface area contributed by atoms with E-state index < -0.39 is 28.0 Å². The summed E-state index contributed by atoms with van der Waals surface area (Å²) >= 11 is 0. The number of halogens is 3. The second kappa shape index (κ2) is 9.03. The van der Waals surface area contributed by atoms with Crippen LogP contribution in [0.3, 0.4) is 0 Å². The Kier molecular flexibility index (Phi) is 6.40. The highest BCUT2D eigenvalue weighted by molar-refractivity contribution is 7.90. The van der Waals surface area contributed by atoms with E-state index in [1.165, 1.54) is 4.90 Å². The van der Waals surface area contributed by atoms with E-state index in [-0.39, 0.29) is 29.3 Å². The number of rotatable bonds is 5. The largest absolute Gasteiger partial charge is 0.480 e. The first-order valence-electron chi connectivity index (χ1n) is 10.9. The van der Waals surface area contributed by atoms with Crippen LogP contribution in [0.15, 0.2) is 65.6 Å². The van der Waals surface area contributed by atoms with Crippen LogP contribution in [-0.2, 0) is 22.9 Å². The second-order valence-electron chi connectivity index (χ2n) is 8.69. The quantitative estimate of drug-likeness (QED) is 0.458. The molecule has 0 fully saturated rings. The van der Waals surface area contributed by atoms with Crippen molar-refractivity contribution in [2.45, 2.75) is 44.1 Å². The maximum atomic E-state index is 13.4. The number of sulfone groups is 1. The molecule has 0 aliphatic carbocycles. The van der Waals surface area contributed by atoms with Crippen LogP contribution in [0.1, 0.15) is 34.0 Å². The number of alkyl halides is 3. The Morgan fingerprint density at radius 2 is 1.69 bits per heavy atom. The topological polar surface area (TPSA) is 63.7 Å². The average molecular weight is 504 g/mol. The number of hydrogen-bond donors (Lipinski definition) is 0. The number of amides is 1. The maximum Gasteiger partial charge on any atom is 0.425 e. The highest BCUT2D eigenvalue weighted by atomic mass is 32.2. The Hall–Kier alpha value is -3.33. The normalized spacial score (nSPS) is 14.5. The molecule has 1 amide bonds. The number of carbonyl (C=O) groups is 1. The molecular formula is C26H24F3NO4S. The number of hydrogen-bond acceptors (Lipinski definition) is 4. The van der Waals surface area contributed by atoms with Crippen LogP contribution in [0, 0.1) is 6.92 Å². The zero-order valence-corrected chi connectivity index (χ0v) is 20.2. The van der Waals surface area contributed by atoms with Gasteiger partial charge in [0, 0.05) is 19.3 Å². The lowest BCUT2D eigenvalue weighted by atomic mass is 9.97. The van der Waals surface area contributed by atoms with Crippen molar-refractivity contribution in [3.8, 4) is 16.9 Å². The number of fused-ring (bicyclic) bond motifs is 1. The van der Waals surface area contributed by atoms with Gasteiger partial charge < -0.3 is 9.64 Å². The highest BCUT2D eigenvalue weighted by Crippen LogP contribution is 2.34. The van der Waals surface area contributed by atoms with Crippen LogP contribution in [0.25, 0.3) is 11.1 Å². The summed E-state index contributed by atoms with van der Waals surface area (Å²) in [4.78, 5) is 14.7. The van der Waals surface area contributed by atoms with E-state index in [4.69, 9.17) is 4.74 Å². The van der Waals surface area contributed by atoms with Crippen LogP contribution in [-0.4, -0.2) is 37.8 Å². The van der Waals surface area contributed by atoms with E-state index in [2.05, 4.69) is 0 Å². The molecule has 4 rings (SSSR count). The fourth-order valence-corrected chi connectivity index (χ4v) is 4.69. The predicted octanol–water partition coefficient (Wildman–Crippen LogP) is 5.55. The van der Waals surface area contributed by atoms with Gasteiger partial charge in [-0.15, -0.1) is 0 Å². The third kappa shape index (κ3) is 5.19. The van der Waals surface area contributed by atoms with E-state index in [9.17, 15) is 26.4 Å². The maximum absolute atomic E-state index is 13.4. The monoisotopic (exact) mass is 503 g/mol. The Bertz CT molecular complexity index is 1400. The molecule has 1 heterocycles. The van der Waals surface area contributed by atoms with E-state index in [0.29, 0.717) is 0 Å². The first kappa shape index (κ1) is 24.8. The van der Waals surface area contributed by atoms with Crippen molar-refractivity contribution in [1.29, 1.82) is 0 Å². The summed E-state index contributed by atoms with van der Waals surface area (Å²) in [6, 6.07) is 17.1. The fraction of sp³-hybridized carbons (Fsp3) is 0.269. The number of carbonyl (C=O) groups excluding carboxylic acids is 1. The molecule has 0 bridgehead atoms. The van der Waals surface area contributed by atoms with Crippen molar-refractivity contribution >= 4 is 15.7 Å². The van der Waals surface area contributed by atoms with Crippen LogP contribution in [0.4, 0.5) is 13.2 Å². The molecule has 3 aromatic rings. The molecule has 1 atom stereocenters. The van der Waals surface area contributed by atoms with Gasteiger partial charge in [0.1, 0.15) is 5.75 Å². The first-order chi connectivity index (χ1) is 16.3. The second-order valence-corrected chi connectivity index (χ2v) is 10.7. The molecule has 0 N–H and O–H groups in total.